The lowest BCUT2D eigenvalue weighted by Crippen LogP contribution is -2.24. The zero-order valence-corrected chi connectivity index (χ0v) is 16.5. The fourth-order valence-corrected chi connectivity index (χ4v) is 4.57. The van der Waals surface area contributed by atoms with E-state index >= 15 is 0 Å². The summed E-state index contributed by atoms with van der Waals surface area (Å²) in [5.74, 6) is 0.697. The van der Waals surface area contributed by atoms with Crippen LogP contribution in [0.25, 0.3) is 0 Å². The Balaban J connectivity index is 1.98. The summed E-state index contributed by atoms with van der Waals surface area (Å²) >= 11 is 3.10. The molecule has 3 rings (SSSR count). The van der Waals surface area contributed by atoms with Gasteiger partial charge in [0.2, 0.25) is 0 Å². The van der Waals surface area contributed by atoms with Crippen molar-refractivity contribution in [3.8, 4) is 5.75 Å². The molecular weight excluding hydrogens is 368 g/mol. The van der Waals surface area contributed by atoms with Gasteiger partial charge in [0.05, 0.1) is 18.6 Å². The van der Waals surface area contributed by atoms with Gasteiger partial charge < -0.3 is 14.7 Å². The van der Waals surface area contributed by atoms with Gasteiger partial charge in [-0.3, -0.25) is 4.79 Å². The van der Waals surface area contributed by atoms with E-state index in [9.17, 15) is 4.79 Å². The first kappa shape index (κ1) is 18.9. The predicted molar refractivity (Wildman–Crippen MR) is 109 cm³/mol. The van der Waals surface area contributed by atoms with Crippen molar-refractivity contribution in [2.45, 2.75) is 10.6 Å². The molecule has 0 radical (unpaired) electrons. The minimum atomic E-state index is -0.798. The van der Waals surface area contributed by atoms with Gasteiger partial charge in [-0.15, -0.1) is 11.8 Å². The molecule has 0 saturated heterocycles. The number of anilines is 2. The third-order valence-electron chi connectivity index (χ3n) is 4.10. The van der Waals surface area contributed by atoms with Gasteiger partial charge in [0, 0.05) is 41.1 Å². The Hall–Kier alpha value is -1.83. The second-order valence-corrected chi connectivity index (χ2v) is 8.18. The molecule has 0 aliphatic carbocycles. The molecule has 2 aromatic carbocycles. The number of carboxylic acids is 1. The maximum Gasteiger partial charge on any atom is 0.313 e. The highest BCUT2D eigenvalue weighted by Crippen LogP contribution is 2.42. The van der Waals surface area contributed by atoms with Crippen LogP contribution in [0.4, 0.5) is 11.4 Å². The van der Waals surface area contributed by atoms with E-state index in [1.54, 1.807) is 19.1 Å². The van der Waals surface area contributed by atoms with Crippen LogP contribution >= 0.6 is 23.7 Å². The van der Waals surface area contributed by atoms with Crippen molar-refractivity contribution in [1.82, 2.24) is 4.31 Å². The van der Waals surface area contributed by atoms with E-state index in [1.165, 1.54) is 11.8 Å². The number of carbonyl (C=O) groups is 1. The second kappa shape index (κ2) is 8.70. The Labute approximate surface area is 162 Å². The molecule has 0 atom stereocenters. The summed E-state index contributed by atoms with van der Waals surface area (Å²) in [6.45, 7) is 1.82. The van der Waals surface area contributed by atoms with Crippen LogP contribution in [0, 0.1) is 0 Å². The summed E-state index contributed by atoms with van der Waals surface area (Å²) in [5, 5.41) is 8.87. The van der Waals surface area contributed by atoms with E-state index in [2.05, 4.69) is 40.5 Å². The number of para-hydroxylation sites is 1. The lowest BCUT2D eigenvalue weighted by Gasteiger charge is -2.25. The topological polar surface area (TPSA) is 53.0 Å². The van der Waals surface area contributed by atoms with Crippen molar-refractivity contribution in [3.63, 3.8) is 0 Å². The van der Waals surface area contributed by atoms with Crippen molar-refractivity contribution in [2.24, 2.45) is 0 Å². The van der Waals surface area contributed by atoms with Crippen molar-refractivity contribution in [3.05, 3.63) is 48.0 Å². The standard InChI is InChI=1S/C19H22N2O3S2/c1-20-8-9-21(15-6-4-3-5-7-15)16-11-17(24-2)14(10-18(16)26-20)12-25-13-19(22)23/h3-7,10-11H,8-9,12-13H2,1-2H3,(H,22,23). The summed E-state index contributed by atoms with van der Waals surface area (Å²) in [6, 6.07) is 14.5. The van der Waals surface area contributed by atoms with Crippen LogP contribution in [0.2, 0.25) is 0 Å². The highest BCUT2D eigenvalue weighted by Gasteiger charge is 2.22. The number of thioether (sulfide) groups is 1. The van der Waals surface area contributed by atoms with Crippen LogP contribution in [-0.2, 0) is 10.5 Å². The molecule has 5 nitrogen and oxygen atoms in total. The van der Waals surface area contributed by atoms with Gasteiger partial charge in [-0.05, 0) is 37.2 Å². The Kier molecular flexibility index (Phi) is 6.34. The first-order valence-electron chi connectivity index (χ1n) is 8.30. The van der Waals surface area contributed by atoms with Gasteiger partial charge in [-0.2, -0.15) is 0 Å². The lowest BCUT2D eigenvalue weighted by atomic mass is 10.1. The summed E-state index contributed by atoms with van der Waals surface area (Å²) in [7, 11) is 3.75. The fourth-order valence-electron chi connectivity index (χ4n) is 2.88. The molecule has 0 amide bonds. The monoisotopic (exact) mass is 390 g/mol. The molecule has 7 heteroatoms. The van der Waals surface area contributed by atoms with Gasteiger partial charge in [-0.25, -0.2) is 4.31 Å². The summed E-state index contributed by atoms with van der Waals surface area (Å²) in [4.78, 5) is 14.3. The van der Waals surface area contributed by atoms with Crippen LogP contribution in [-0.4, -0.2) is 48.4 Å². The molecule has 0 spiro atoms. The maximum atomic E-state index is 10.8. The normalized spacial score (nSPS) is 14.6. The molecule has 0 fully saturated rings. The summed E-state index contributed by atoms with van der Waals surface area (Å²) in [6.07, 6.45) is 0. The van der Waals surface area contributed by atoms with E-state index in [-0.39, 0.29) is 5.75 Å². The van der Waals surface area contributed by atoms with Crippen molar-refractivity contribution >= 4 is 41.1 Å². The number of hydrogen-bond acceptors (Lipinski definition) is 6. The highest BCUT2D eigenvalue weighted by atomic mass is 32.2. The van der Waals surface area contributed by atoms with E-state index in [0.29, 0.717) is 5.75 Å². The minimum Gasteiger partial charge on any atom is -0.496 e. The number of ether oxygens (including phenoxy) is 1. The molecule has 0 saturated carbocycles. The van der Waals surface area contributed by atoms with Crippen LogP contribution < -0.4 is 9.64 Å². The fraction of sp³-hybridized carbons (Fsp3) is 0.316. The first-order valence-corrected chi connectivity index (χ1v) is 10.2. The molecule has 1 aliphatic heterocycles. The van der Waals surface area contributed by atoms with Crippen LogP contribution in [0.5, 0.6) is 5.75 Å². The average molecular weight is 391 g/mol. The second-order valence-electron chi connectivity index (χ2n) is 5.95. The maximum absolute atomic E-state index is 10.8. The number of benzene rings is 2. The smallest absolute Gasteiger partial charge is 0.313 e. The average Bonchev–Trinajstić information content (AvgIpc) is 2.79. The van der Waals surface area contributed by atoms with Crippen LogP contribution in [0.15, 0.2) is 47.4 Å². The molecule has 0 bridgehead atoms. The Morgan fingerprint density at radius 2 is 2.04 bits per heavy atom. The van der Waals surface area contributed by atoms with Gasteiger partial charge in [0.25, 0.3) is 0 Å². The summed E-state index contributed by atoms with van der Waals surface area (Å²) in [5.41, 5.74) is 3.29. The number of aliphatic carboxylic acids is 1. The Morgan fingerprint density at radius 3 is 2.73 bits per heavy atom. The quantitative estimate of drug-likeness (QED) is 0.745. The Morgan fingerprint density at radius 1 is 1.27 bits per heavy atom. The van der Waals surface area contributed by atoms with Crippen molar-refractivity contribution in [2.75, 3.05) is 37.9 Å². The molecule has 2 aromatic rings. The molecule has 1 heterocycles. The number of rotatable bonds is 6. The van der Waals surface area contributed by atoms with Gasteiger partial charge in [0.15, 0.2) is 0 Å². The molecule has 0 aromatic heterocycles. The predicted octanol–water partition coefficient (Wildman–Crippen LogP) is 4.10. The number of hydrogen-bond donors (Lipinski definition) is 1. The molecule has 1 aliphatic rings. The molecule has 26 heavy (non-hydrogen) atoms. The highest BCUT2D eigenvalue weighted by molar-refractivity contribution is 7.99. The van der Waals surface area contributed by atoms with E-state index < -0.39 is 5.97 Å². The zero-order chi connectivity index (χ0) is 18.5. The lowest BCUT2D eigenvalue weighted by molar-refractivity contribution is -0.133. The Bertz CT molecular complexity index is 771. The third kappa shape index (κ3) is 4.47. The van der Waals surface area contributed by atoms with E-state index in [1.807, 2.05) is 18.2 Å². The third-order valence-corrected chi connectivity index (χ3v) is 6.08. The zero-order valence-electron chi connectivity index (χ0n) is 14.8. The molecule has 138 valence electrons. The van der Waals surface area contributed by atoms with E-state index in [4.69, 9.17) is 9.84 Å². The largest absolute Gasteiger partial charge is 0.496 e. The van der Waals surface area contributed by atoms with Crippen LogP contribution in [0.3, 0.4) is 0 Å². The molecular formula is C19H22N2O3S2. The number of methoxy groups -OCH3 is 1. The van der Waals surface area contributed by atoms with Gasteiger partial charge >= 0.3 is 5.97 Å². The SMILES string of the molecule is COc1cc2c(cc1CSCC(=O)O)SN(C)CCN2c1ccccc1. The number of likely N-dealkylation sites (N-methyl/N-ethyl adjacent to an activating group) is 1. The van der Waals surface area contributed by atoms with Crippen molar-refractivity contribution < 1.29 is 14.6 Å². The summed E-state index contributed by atoms with van der Waals surface area (Å²) < 4.78 is 7.84. The van der Waals surface area contributed by atoms with Crippen molar-refractivity contribution in [1.29, 1.82) is 0 Å². The number of fused-ring (bicyclic) bond motifs is 1. The van der Waals surface area contributed by atoms with E-state index in [0.717, 1.165) is 40.7 Å². The number of nitrogens with zero attached hydrogens (tertiary/aromatic N) is 2. The van der Waals surface area contributed by atoms with Gasteiger partial charge in [0.1, 0.15) is 5.75 Å². The first-order chi connectivity index (χ1) is 12.6. The van der Waals surface area contributed by atoms with Gasteiger partial charge in [-0.1, -0.05) is 18.2 Å². The minimum absolute atomic E-state index is 0.0867. The molecule has 0 unspecified atom stereocenters. The molecule has 1 N–H and O–H groups in total. The number of carboxylic acid groups (broad SMARTS) is 1. The van der Waals surface area contributed by atoms with Crippen LogP contribution in [0.1, 0.15) is 5.56 Å².